The molecule has 100 valence electrons. The van der Waals surface area contributed by atoms with Gasteiger partial charge in [-0.15, -0.1) is 0 Å². The van der Waals surface area contributed by atoms with Crippen LogP contribution in [-0.4, -0.2) is 29.4 Å². The van der Waals surface area contributed by atoms with E-state index in [1.165, 1.54) is 12.4 Å². The van der Waals surface area contributed by atoms with Crippen LogP contribution in [0.25, 0.3) is 0 Å². The van der Waals surface area contributed by atoms with E-state index in [0.717, 1.165) is 0 Å². The number of alkyl halides is 3. The van der Waals surface area contributed by atoms with Crippen LogP contribution in [0.3, 0.4) is 0 Å². The van der Waals surface area contributed by atoms with E-state index in [9.17, 15) is 18.3 Å². The van der Waals surface area contributed by atoms with Crippen LogP contribution in [0.5, 0.6) is 0 Å². The van der Waals surface area contributed by atoms with Crippen molar-refractivity contribution in [2.24, 2.45) is 5.92 Å². The standard InChI is InChI=1S/C12H15F3N2O/c13-12(14,15)10-2-1-5-17(7-10)11-3-4-16-6-9(11)8-18/h3-4,6,10,18H,1-2,5,7-8H2. The average molecular weight is 260 g/mol. The molecule has 0 aliphatic carbocycles. The second-order valence-corrected chi connectivity index (χ2v) is 4.49. The van der Waals surface area contributed by atoms with Crippen LogP contribution >= 0.6 is 0 Å². The minimum atomic E-state index is -4.15. The predicted octanol–water partition coefficient (Wildman–Crippen LogP) is 2.35. The quantitative estimate of drug-likeness (QED) is 0.886. The summed E-state index contributed by atoms with van der Waals surface area (Å²) in [5.41, 5.74) is 1.22. The molecule has 0 saturated carbocycles. The van der Waals surface area contributed by atoms with Gasteiger partial charge in [0.2, 0.25) is 0 Å². The summed E-state index contributed by atoms with van der Waals surface area (Å²) in [5, 5.41) is 9.19. The number of hydrogen-bond acceptors (Lipinski definition) is 3. The molecule has 1 fully saturated rings. The Labute approximate surface area is 103 Å². The van der Waals surface area contributed by atoms with E-state index in [0.29, 0.717) is 24.2 Å². The highest BCUT2D eigenvalue weighted by Gasteiger charge is 2.42. The summed E-state index contributed by atoms with van der Waals surface area (Å²) in [7, 11) is 0. The number of halogens is 3. The molecule has 1 N–H and O–H groups in total. The highest BCUT2D eigenvalue weighted by Crippen LogP contribution is 2.35. The lowest BCUT2D eigenvalue weighted by molar-refractivity contribution is -0.176. The molecule has 1 aliphatic heterocycles. The lowest BCUT2D eigenvalue weighted by Gasteiger charge is -2.36. The third kappa shape index (κ3) is 2.75. The molecule has 2 rings (SSSR count). The zero-order chi connectivity index (χ0) is 13.2. The molecular weight excluding hydrogens is 245 g/mol. The van der Waals surface area contributed by atoms with E-state index in [-0.39, 0.29) is 19.6 Å². The fraction of sp³-hybridized carbons (Fsp3) is 0.583. The van der Waals surface area contributed by atoms with Crippen molar-refractivity contribution in [3.05, 3.63) is 24.0 Å². The summed E-state index contributed by atoms with van der Waals surface area (Å²) in [6.07, 6.45) is -0.430. The normalized spacial score (nSPS) is 21.1. The number of pyridine rings is 1. The maximum atomic E-state index is 12.7. The van der Waals surface area contributed by atoms with Gasteiger partial charge in [0, 0.05) is 36.7 Å². The van der Waals surface area contributed by atoms with Gasteiger partial charge in [0.25, 0.3) is 0 Å². The van der Waals surface area contributed by atoms with Crippen molar-refractivity contribution in [1.29, 1.82) is 0 Å². The minimum Gasteiger partial charge on any atom is -0.392 e. The second-order valence-electron chi connectivity index (χ2n) is 4.49. The smallest absolute Gasteiger partial charge is 0.392 e. The minimum absolute atomic E-state index is 0.0412. The first-order chi connectivity index (χ1) is 8.52. The molecular formula is C12H15F3N2O. The van der Waals surface area contributed by atoms with Gasteiger partial charge in [-0.2, -0.15) is 13.2 Å². The van der Waals surface area contributed by atoms with Crippen LogP contribution in [0.4, 0.5) is 18.9 Å². The Morgan fingerprint density at radius 2 is 2.22 bits per heavy atom. The predicted molar refractivity (Wildman–Crippen MR) is 61.2 cm³/mol. The second kappa shape index (κ2) is 5.14. The van der Waals surface area contributed by atoms with Gasteiger partial charge >= 0.3 is 6.18 Å². The fourth-order valence-electron chi connectivity index (χ4n) is 2.31. The molecule has 18 heavy (non-hydrogen) atoms. The lowest BCUT2D eigenvalue weighted by Crippen LogP contribution is -2.42. The number of nitrogens with zero attached hydrogens (tertiary/aromatic N) is 2. The van der Waals surface area contributed by atoms with E-state index in [1.807, 2.05) is 0 Å². The first-order valence-corrected chi connectivity index (χ1v) is 5.88. The molecule has 2 heterocycles. The monoisotopic (exact) mass is 260 g/mol. The third-order valence-corrected chi connectivity index (χ3v) is 3.27. The number of hydrogen-bond donors (Lipinski definition) is 1. The summed E-state index contributed by atoms with van der Waals surface area (Å²) < 4.78 is 38.2. The molecule has 1 aromatic rings. The zero-order valence-corrected chi connectivity index (χ0v) is 9.82. The van der Waals surface area contributed by atoms with Crippen LogP contribution in [0, 0.1) is 5.92 Å². The van der Waals surface area contributed by atoms with Crippen LogP contribution in [0.1, 0.15) is 18.4 Å². The molecule has 0 aromatic carbocycles. The van der Waals surface area contributed by atoms with Gasteiger partial charge in [0.1, 0.15) is 0 Å². The van der Waals surface area contributed by atoms with Gasteiger partial charge in [0.15, 0.2) is 0 Å². The molecule has 6 heteroatoms. The van der Waals surface area contributed by atoms with E-state index in [1.54, 1.807) is 11.0 Å². The summed E-state index contributed by atoms with van der Waals surface area (Å²) in [6.45, 7) is 0.334. The van der Waals surface area contributed by atoms with E-state index in [4.69, 9.17) is 0 Å². The Kier molecular flexibility index (Phi) is 3.75. The third-order valence-electron chi connectivity index (χ3n) is 3.27. The van der Waals surface area contributed by atoms with Crippen molar-refractivity contribution in [3.8, 4) is 0 Å². The van der Waals surface area contributed by atoms with Crippen LogP contribution < -0.4 is 4.90 Å². The summed E-state index contributed by atoms with van der Waals surface area (Å²) in [5.74, 6) is -1.29. The van der Waals surface area contributed by atoms with Crippen LogP contribution in [0.15, 0.2) is 18.5 Å². The van der Waals surface area contributed by atoms with Gasteiger partial charge in [-0.1, -0.05) is 0 Å². The number of aromatic nitrogens is 1. The fourth-order valence-corrected chi connectivity index (χ4v) is 2.31. The highest BCUT2D eigenvalue weighted by molar-refractivity contribution is 5.52. The Morgan fingerprint density at radius 3 is 2.89 bits per heavy atom. The molecule has 0 radical (unpaired) electrons. The van der Waals surface area contributed by atoms with Gasteiger partial charge in [-0.05, 0) is 18.9 Å². The molecule has 1 aromatic heterocycles. The van der Waals surface area contributed by atoms with Gasteiger partial charge in [-0.3, -0.25) is 4.98 Å². The molecule has 1 atom stereocenters. The Balaban J connectivity index is 2.18. The van der Waals surface area contributed by atoms with Crippen molar-refractivity contribution in [2.75, 3.05) is 18.0 Å². The van der Waals surface area contributed by atoms with Gasteiger partial charge in [-0.25, -0.2) is 0 Å². The molecule has 1 saturated heterocycles. The number of piperidine rings is 1. The topological polar surface area (TPSA) is 36.4 Å². The van der Waals surface area contributed by atoms with Crippen molar-refractivity contribution in [2.45, 2.75) is 25.6 Å². The Bertz CT molecular complexity index is 409. The maximum absolute atomic E-state index is 12.7. The first kappa shape index (κ1) is 13.1. The summed E-state index contributed by atoms with van der Waals surface area (Å²) in [4.78, 5) is 5.56. The molecule has 0 bridgehead atoms. The lowest BCUT2D eigenvalue weighted by atomic mass is 9.96. The summed E-state index contributed by atoms with van der Waals surface area (Å²) >= 11 is 0. The van der Waals surface area contributed by atoms with E-state index in [2.05, 4.69) is 4.98 Å². The molecule has 1 aliphatic rings. The zero-order valence-electron chi connectivity index (χ0n) is 9.82. The van der Waals surface area contributed by atoms with Crippen LogP contribution in [-0.2, 0) is 6.61 Å². The SMILES string of the molecule is OCc1cnccc1N1CCCC(C(F)(F)F)C1. The van der Waals surface area contributed by atoms with Crippen molar-refractivity contribution < 1.29 is 18.3 Å². The molecule has 1 unspecified atom stereocenters. The average Bonchev–Trinajstić information content (AvgIpc) is 2.38. The Hall–Kier alpha value is -1.30. The van der Waals surface area contributed by atoms with Crippen molar-refractivity contribution in [1.82, 2.24) is 4.98 Å². The molecule has 0 amide bonds. The highest BCUT2D eigenvalue weighted by atomic mass is 19.4. The Morgan fingerprint density at radius 1 is 1.44 bits per heavy atom. The van der Waals surface area contributed by atoms with E-state index >= 15 is 0 Å². The maximum Gasteiger partial charge on any atom is 0.393 e. The van der Waals surface area contributed by atoms with Gasteiger partial charge in [0.05, 0.1) is 12.5 Å². The number of rotatable bonds is 2. The first-order valence-electron chi connectivity index (χ1n) is 5.88. The number of aliphatic hydroxyl groups is 1. The molecule has 0 spiro atoms. The van der Waals surface area contributed by atoms with Crippen LogP contribution in [0.2, 0.25) is 0 Å². The summed E-state index contributed by atoms with van der Waals surface area (Å²) in [6, 6.07) is 1.66. The number of aliphatic hydroxyl groups excluding tert-OH is 1. The van der Waals surface area contributed by atoms with Crippen molar-refractivity contribution in [3.63, 3.8) is 0 Å². The largest absolute Gasteiger partial charge is 0.393 e. The van der Waals surface area contributed by atoms with E-state index < -0.39 is 12.1 Å². The van der Waals surface area contributed by atoms with Gasteiger partial charge < -0.3 is 10.0 Å². The molecule has 3 nitrogen and oxygen atoms in total. The number of anilines is 1. The van der Waals surface area contributed by atoms with Crippen molar-refractivity contribution >= 4 is 5.69 Å².